The fourth-order valence-corrected chi connectivity index (χ4v) is 1.66. The minimum Gasteiger partial charge on any atom is -0.325 e. The monoisotopic (exact) mass is 324 g/mol. The van der Waals surface area contributed by atoms with Crippen molar-refractivity contribution in [2.24, 2.45) is 0 Å². The molecule has 0 aliphatic rings. The van der Waals surface area contributed by atoms with E-state index < -0.39 is 40.6 Å². The molecule has 0 spiro atoms. The molecule has 1 nitrogen and oxygen atoms in total. The van der Waals surface area contributed by atoms with Gasteiger partial charge in [0.25, 0.3) is 0 Å². The molecule has 7 heteroatoms. The Labute approximate surface area is 85.5 Å². The third kappa shape index (κ3) is 1.74. The Morgan fingerprint density at radius 1 is 0.923 bits per heavy atom. The van der Waals surface area contributed by atoms with Crippen molar-refractivity contribution in [1.82, 2.24) is 0 Å². The first kappa shape index (κ1) is 11.0. The van der Waals surface area contributed by atoms with Crippen molar-refractivity contribution in [3.05, 3.63) is 26.8 Å². The molecule has 0 fully saturated rings. The van der Waals surface area contributed by atoms with Crippen LogP contribution in [0.3, 0.4) is 0 Å². The van der Waals surface area contributed by atoms with Gasteiger partial charge in [-0.25, -0.2) is 17.6 Å². The second kappa shape index (κ2) is 3.96. The maximum Gasteiger partial charge on any atom is 0.176 e. The van der Waals surface area contributed by atoms with Gasteiger partial charge in [0.15, 0.2) is 23.3 Å². The number of hydrogen-bond acceptors (Lipinski definition) is 1. The van der Waals surface area contributed by atoms with Crippen LogP contribution in [-0.2, 0) is 4.57 Å². The molecular weight excluding hydrogens is 322 g/mol. The molecule has 0 aliphatic carbocycles. The summed E-state index contributed by atoms with van der Waals surface area (Å²) in [5.41, 5.74) is 0. The highest BCUT2D eigenvalue weighted by atomic mass is 127. The summed E-state index contributed by atoms with van der Waals surface area (Å²) < 4.78 is 60.4. The molecule has 0 saturated carbocycles. The topological polar surface area (TPSA) is 17.1 Å². The number of benzene rings is 1. The van der Waals surface area contributed by atoms with Crippen molar-refractivity contribution < 1.29 is 22.1 Å². The predicted octanol–water partition coefficient (Wildman–Crippen LogP) is 2.23. The molecule has 1 rings (SSSR count). The molecule has 0 N–H and O–H groups in total. The summed E-state index contributed by atoms with van der Waals surface area (Å²) in [5, 5.41) is -1.02. The largest absolute Gasteiger partial charge is 0.325 e. The van der Waals surface area contributed by atoms with E-state index in [1.807, 2.05) is 0 Å². The lowest BCUT2D eigenvalue weighted by Crippen LogP contribution is -2.14. The molecule has 0 heterocycles. The smallest absolute Gasteiger partial charge is 0.176 e. The average molecular weight is 324 g/mol. The maximum absolute atomic E-state index is 12.7. The van der Waals surface area contributed by atoms with Crippen LogP contribution in [0.4, 0.5) is 17.6 Å². The van der Waals surface area contributed by atoms with Crippen molar-refractivity contribution >= 4 is 36.4 Å². The molecule has 1 aromatic carbocycles. The van der Waals surface area contributed by atoms with Crippen LogP contribution in [0, 0.1) is 26.8 Å². The highest BCUT2D eigenvalue weighted by Crippen LogP contribution is 2.21. The van der Waals surface area contributed by atoms with Crippen LogP contribution in [0.2, 0.25) is 0 Å². The minimum absolute atomic E-state index is 0.774. The molecule has 1 unspecified atom stereocenters. The van der Waals surface area contributed by atoms with Gasteiger partial charge in [0.05, 0.1) is 17.3 Å². The lowest BCUT2D eigenvalue weighted by atomic mass is 10.3. The SMILES string of the molecule is O=[PH2]c1c(F)c(F)c(I)c(F)c1F. The number of hydrogen-bond donors (Lipinski definition) is 0. The highest BCUT2D eigenvalue weighted by Gasteiger charge is 2.22. The first-order valence-corrected chi connectivity index (χ1v) is 5.10. The van der Waals surface area contributed by atoms with Gasteiger partial charge < -0.3 is 4.57 Å². The van der Waals surface area contributed by atoms with Gasteiger partial charge in [-0.1, -0.05) is 0 Å². The fourth-order valence-electron chi connectivity index (χ4n) is 0.725. The van der Waals surface area contributed by atoms with E-state index in [-0.39, 0.29) is 0 Å². The van der Waals surface area contributed by atoms with Gasteiger partial charge in [0.2, 0.25) is 0 Å². The molecule has 0 radical (unpaired) electrons. The van der Waals surface area contributed by atoms with Crippen LogP contribution in [0.5, 0.6) is 0 Å². The second-order valence-corrected chi connectivity index (χ2v) is 3.99. The van der Waals surface area contributed by atoms with Gasteiger partial charge in [0, 0.05) is 0 Å². The molecule has 0 aromatic heterocycles. The van der Waals surface area contributed by atoms with Crippen LogP contribution < -0.4 is 5.30 Å². The van der Waals surface area contributed by atoms with E-state index in [1.165, 1.54) is 0 Å². The third-order valence-electron chi connectivity index (χ3n) is 1.36. The van der Waals surface area contributed by atoms with Gasteiger partial charge >= 0.3 is 0 Å². The van der Waals surface area contributed by atoms with Crippen molar-refractivity contribution in [3.8, 4) is 0 Å². The van der Waals surface area contributed by atoms with E-state index in [4.69, 9.17) is 0 Å². The molecule has 1 aromatic rings. The zero-order chi connectivity index (χ0) is 10.2. The molecular formula is C6H2F4IOP. The Morgan fingerprint density at radius 2 is 1.31 bits per heavy atom. The highest BCUT2D eigenvalue weighted by molar-refractivity contribution is 14.1. The molecule has 0 bridgehead atoms. The maximum atomic E-state index is 12.7. The van der Waals surface area contributed by atoms with Crippen LogP contribution >= 0.6 is 31.1 Å². The lowest BCUT2D eigenvalue weighted by Gasteiger charge is -2.03. The Morgan fingerprint density at radius 3 is 1.62 bits per heavy atom. The number of rotatable bonds is 1. The summed E-state index contributed by atoms with van der Waals surface area (Å²) in [6.07, 6.45) is 0. The lowest BCUT2D eigenvalue weighted by molar-refractivity contribution is 0.454. The van der Waals surface area contributed by atoms with Crippen LogP contribution in [0.15, 0.2) is 0 Å². The Kier molecular flexibility index (Phi) is 3.34. The predicted molar refractivity (Wildman–Crippen MR) is 49.0 cm³/mol. The summed E-state index contributed by atoms with van der Waals surface area (Å²) in [7, 11) is -2.04. The summed E-state index contributed by atoms with van der Waals surface area (Å²) in [6, 6.07) is 0. The second-order valence-electron chi connectivity index (χ2n) is 2.10. The van der Waals surface area contributed by atoms with Crippen molar-refractivity contribution in [2.75, 3.05) is 0 Å². The minimum atomic E-state index is -2.04. The summed E-state index contributed by atoms with van der Waals surface area (Å²) in [5.74, 6) is -6.16. The molecule has 1 atom stereocenters. The van der Waals surface area contributed by atoms with E-state index in [2.05, 4.69) is 0 Å². The quantitative estimate of drug-likeness (QED) is 0.255. The summed E-state index contributed by atoms with van der Waals surface area (Å²) >= 11 is 1.13. The van der Waals surface area contributed by atoms with Crippen molar-refractivity contribution in [2.45, 2.75) is 0 Å². The van der Waals surface area contributed by atoms with Gasteiger partial charge in [-0.05, 0) is 22.6 Å². The standard InChI is InChI=1S/C6H2F4IOP/c7-1-3(9)6(13-12)4(10)2(8)5(1)11/h13H2. The Balaban J connectivity index is 3.66. The average Bonchev–Trinajstić information content (AvgIpc) is 2.13. The van der Waals surface area contributed by atoms with Crippen LogP contribution in [0.25, 0.3) is 0 Å². The Bertz CT molecular complexity index is 352. The first-order valence-electron chi connectivity index (χ1n) is 2.97. The molecule has 0 saturated heterocycles. The zero-order valence-electron chi connectivity index (χ0n) is 5.88. The molecule has 13 heavy (non-hydrogen) atoms. The van der Waals surface area contributed by atoms with Crippen LogP contribution in [0.1, 0.15) is 0 Å². The first-order chi connectivity index (χ1) is 6.00. The van der Waals surface area contributed by atoms with Gasteiger partial charge in [-0.2, -0.15) is 0 Å². The van der Waals surface area contributed by atoms with E-state index >= 15 is 0 Å². The molecule has 0 aliphatic heterocycles. The van der Waals surface area contributed by atoms with Crippen molar-refractivity contribution in [1.29, 1.82) is 0 Å². The van der Waals surface area contributed by atoms with E-state index in [9.17, 15) is 22.1 Å². The van der Waals surface area contributed by atoms with Gasteiger partial charge in [-0.15, -0.1) is 0 Å². The van der Waals surface area contributed by atoms with Gasteiger partial charge in [-0.3, -0.25) is 0 Å². The Hall–Kier alpha value is -0.100. The van der Waals surface area contributed by atoms with E-state index in [0.29, 0.717) is 0 Å². The summed E-state index contributed by atoms with van der Waals surface area (Å²) in [6.45, 7) is 0. The number of halogens is 5. The fraction of sp³-hybridized carbons (Fsp3) is 0. The van der Waals surface area contributed by atoms with Crippen LogP contribution in [-0.4, -0.2) is 0 Å². The van der Waals surface area contributed by atoms with Gasteiger partial charge in [0.1, 0.15) is 0 Å². The molecule has 0 amide bonds. The molecule has 72 valence electrons. The zero-order valence-corrected chi connectivity index (χ0v) is 9.19. The van der Waals surface area contributed by atoms with E-state index in [0.717, 1.165) is 22.6 Å². The van der Waals surface area contributed by atoms with E-state index in [1.54, 1.807) is 0 Å². The third-order valence-corrected chi connectivity index (χ3v) is 3.05. The summed E-state index contributed by atoms with van der Waals surface area (Å²) in [4.78, 5) is 0. The van der Waals surface area contributed by atoms with Crippen molar-refractivity contribution in [3.63, 3.8) is 0 Å². The normalized spacial score (nSPS) is 11.5.